The smallest absolute Gasteiger partial charge is 0.329 e. The monoisotopic (exact) mass is 530 g/mol. The maximum Gasteiger partial charge on any atom is 0.329 e. The Hall–Kier alpha value is -3.68. The third kappa shape index (κ3) is 5.90. The number of hydrogen-bond donors (Lipinski definition) is 1. The molecule has 0 radical (unpaired) electrons. The zero-order chi connectivity index (χ0) is 26.6. The quantitative estimate of drug-likeness (QED) is 0.340. The van der Waals surface area contributed by atoms with Crippen LogP contribution in [0, 0.1) is 6.92 Å². The summed E-state index contributed by atoms with van der Waals surface area (Å²) in [6.45, 7) is 6.75. The summed E-state index contributed by atoms with van der Waals surface area (Å²) < 4.78 is 1.20. The van der Waals surface area contributed by atoms with Gasteiger partial charge >= 0.3 is 5.69 Å². The lowest BCUT2D eigenvalue weighted by Gasteiger charge is -2.36. The minimum atomic E-state index is -0.482. The minimum Gasteiger partial charge on any atom is -0.369 e. The number of fused-ring (bicyclic) bond motifs is 1. The number of carbonyl (C=O) groups excluding carboxylic acids is 1. The van der Waals surface area contributed by atoms with E-state index in [9.17, 15) is 14.4 Å². The Morgan fingerprint density at radius 3 is 2.45 bits per heavy atom. The number of anilines is 1. The van der Waals surface area contributed by atoms with Gasteiger partial charge in [-0.3, -0.25) is 19.1 Å². The number of nitrogens with one attached hydrogen (secondary N) is 1. The molecule has 38 heavy (non-hydrogen) atoms. The third-order valence-corrected chi connectivity index (χ3v) is 7.42. The lowest BCUT2D eigenvalue weighted by Crippen LogP contribution is -2.46. The Morgan fingerprint density at radius 1 is 0.947 bits per heavy atom. The molecule has 1 saturated heterocycles. The Labute approximate surface area is 226 Å². The van der Waals surface area contributed by atoms with E-state index in [-0.39, 0.29) is 17.9 Å². The van der Waals surface area contributed by atoms with Crippen molar-refractivity contribution in [3.05, 3.63) is 109 Å². The molecule has 3 aromatic carbocycles. The number of piperazine rings is 1. The van der Waals surface area contributed by atoms with Crippen LogP contribution in [0.15, 0.2) is 76.3 Å². The summed E-state index contributed by atoms with van der Waals surface area (Å²) >= 11 is 6.13. The number of H-pyrrole nitrogens is 1. The van der Waals surface area contributed by atoms with Crippen LogP contribution >= 0.6 is 11.6 Å². The molecule has 1 aliphatic heterocycles. The third-order valence-electron chi connectivity index (χ3n) is 7.19. The Balaban J connectivity index is 1.18. The molecule has 1 N–H and O–H groups in total. The van der Waals surface area contributed by atoms with E-state index >= 15 is 0 Å². The van der Waals surface area contributed by atoms with E-state index in [4.69, 9.17) is 11.6 Å². The average Bonchev–Trinajstić information content (AvgIpc) is 2.92. The van der Waals surface area contributed by atoms with E-state index in [1.54, 1.807) is 18.2 Å². The predicted molar refractivity (Wildman–Crippen MR) is 153 cm³/mol. The van der Waals surface area contributed by atoms with Gasteiger partial charge in [-0.2, -0.15) is 0 Å². The maximum absolute atomic E-state index is 13.0. The molecule has 0 bridgehead atoms. The van der Waals surface area contributed by atoms with Crippen LogP contribution in [0.2, 0.25) is 5.02 Å². The van der Waals surface area contributed by atoms with Gasteiger partial charge in [0.05, 0.1) is 17.4 Å². The zero-order valence-corrected chi connectivity index (χ0v) is 22.2. The Morgan fingerprint density at radius 2 is 1.71 bits per heavy atom. The van der Waals surface area contributed by atoms with Crippen molar-refractivity contribution in [2.45, 2.75) is 26.3 Å². The van der Waals surface area contributed by atoms with Crippen LogP contribution in [-0.4, -0.2) is 53.0 Å². The van der Waals surface area contributed by atoms with Crippen LogP contribution in [0.4, 0.5) is 5.69 Å². The molecule has 0 spiro atoms. The molecular formula is C30H31ClN4O3. The number of benzene rings is 3. The number of nitrogens with zero attached hydrogens (tertiary/aromatic N) is 3. The molecule has 196 valence electrons. The molecule has 1 aromatic heterocycles. The fourth-order valence-electron chi connectivity index (χ4n) is 4.96. The number of ketones is 1. The first kappa shape index (κ1) is 25.9. The zero-order valence-electron chi connectivity index (χ0n) is 21.5. The van der Waals surface area contributed by atoms with Crippen molar-refractivity contribution >= 4 is 34.0 Å². The number of aromatic nitrogens is 2. The number of carbonyl (C=O) groups is 1. The molecule has 7 nitrogen and oxygen atoms in total. The highest BCUT2D eigenvalue weighted by Crippen LogP contribution is 2.21. The molecule has 1 fully saturated rings. The first-order valence-corrected chi connectivity index (χ1v) is 13.3. The highest BCUT2D eigenvalue weighted by Gasteiger charge is 2.18. The standard InChI is InChI=1S/C30H31ClN4O3/c1-21-7-9-22(10-8-21)20-35-29(37)26-12-11-23(18-27(26)32-30(35)38)28(36)6-3-13-33-14-16-34(17-15-33)25-5-2-4-24(31)19-25/h2,4-5,7-12,18-19H,3,6,13-17,20H2,1H3,(H,32,38). The molecule has 5 rings (SSSR count). The van der Waals surface area contributed by atoms with Crippen molar-refractivity contribution in [2.75, 3.05) is 37.6 Å². The molecule has 1 aliphatic rings. The summed E-state index contributed by atoms with van der Waals surface area (Å²) in [5.74, 6) is 0.00847. The van der Waals surface area contributed by atoms with Gasteiger partial charge in [0.15, 0.2) is 5.78 Å². The number of halogens is 1. The van der Waals surface area contributed by atoms with Crippen LogP contribution in [0.1, 0.15) is 34.3 Å². The molecule has 0 aliphatic carbocycles. The molecule has 4 aromatic rings. The van der Waals surface area contributed by atoms with Crippen molar-refractivity contribution in [3.8, 4) is 0 Å². The van der Waals surface area contributed by atoms with Gasteiger partial charge in [-0.25, -0.2) is 4.79 Å². The Bertz CT molecular complexity index is 1570. The van der Waals surface area contributed by atoms with Crippen LogP contribution in [0.25, 0.3) is 10.9 Å². The number of aromatic amines is 1. The van der Waals surface area contributed by atoms with E-state index in [0.29, 0.717) is 22.9 Å². The van der Waals surface area contributed by atoms with Crippen LogP contribution in [-0.2, 0) is 6.54 Å². The van der Waals surface area contributed by atoms with Crippen molar-refractivity contribution < 1.29 is 4.79 Å². The number of aryl methyl sites for hydroxylation is 1. The second-order valence-electron chi connectivity index (χ2n) is 9.90. The van der Waals surface area contributed by atoms with Crippen molar-refractivity contribution in [3.63, 3.8) is 0 Å². The number of Topliss-reactive ketones (excluding diaryl/α,β-unsaturated/α-hetero) is 1. The van der Waals surface area contributed by atoms with Gasteiger partial charge in [0.1, 0.15) is 0 Å². The van der Waals surface area contributed by atoms with Crippen molar-refractivity contribution in [1.82, 2.24) is 14.5 Å². The van der Waals surface area contributed by atoms with Crippen molar-refractivity contribution in [2.24, 2.45) is 0 Å². The van der Waals surface area contributed by atoms with E-state index in [1.165, 1.54) is 4.57 Å². The normalized spacial score (nSPS) is 14.2. The Kier molecular flexibility index (Phi) is 7.77. The molecular weight excluding hydrogens is 500 g/mol. The summed E-state index contributed by atoms with van der Waals surface area (Å²) in [5, 5.41) is 1.14. The highest BCUT2D eigenvalue weighted by molar-refractivity contribution is 6.30. The minimum absolute atomic E-state index is 0.00847. The summed E-state index contributed by atoms with van der Waals surface area (Å²) in [5.41, 5.74) is 3.19. The van der Waals surface area contributed by atoms with Gasteiger partial charge < -0.3 is 9.88 Å². The summed E-state index contributed by atoms with van der Waals surface area (Å²) in [6.07, 6.45) is 1.16. The predicted octanol–water partition coefficient (Wildman–Crippen LogP) is 4.49. The summed E-state index contributed by atoms with van der Waals surface area (Å²) in [6, 6.07) is 20.6. The van der Waals surface area contributed by atoms with Gasteiger partial charge in [-0.1, -0.05) is 53.6 Å². The molecule has 2 heterocycles. The molecule has 0 amide bonds. The second kappa shape index (κ2) is 11.4. The van der Waals surface area contributed by atoms with Crippen molar-refractivity contribution in [1.29, 1.82) is 0 Å². The summed E-state index contributed by atoms with van der Waals surface area (Å²) in [7, 11) is 0. The maximum atomic E-state index is 13.0. The van der Waals surface area contributed by atoms with E-state index in [1.807, 2.05) is 49.4 Å². The van der Waals surface area contributed by atoms with Crippen LogP contribution in [0.3, 0.4) is 0 Å². The van der Waals surface area contributed by atoms with Gasteiger partial charge in [-0.05, 0) is 55.8 Å². The van der Waals surface area contributed by atoms with E-state index in [2.05, 4.69) is 20.9 Å². The van der Waals surface area contributed by atoms with Gasteiger partial charge in [0.25, 0.3) is 5.56 Å². The molecule has 8 heteroatoms. The van der Waals surface area contributed by atoms with Gasteiger partial charge in [0, 0.05) is 48.9 Å². The fourth-order valence-corrected chi connectivity index (χ4v) is 5.14. The van der Waals surface area contributed by atoms with Crippen LogP contribution < -0.4 is 16.1 Å². The topological polar surface area (TPSA) is 78.4 Å². The molecule has 0 unspecified atom stereocenters. The highest BCUT2D eigenvalue weighted by atomic mass is 35.5. The lowest BCUT2D eigenvalue weighted by molar-refractivity contribution is 0.0974. The summed E-state index contributed by atoms with van der Waals surface area (Å²) in [4.78, 5) is 46.1. The molecule has 0 saturated carbocycles. The van der Waals surface area contributed by atoms with E-state index < -0.39 is 5.69 Å². The first-order chi connectivity index (χ1) is 18.4. The number of hydrogen-bond acceptors (Lipinski definition) is 5. The lowest BCUT2D eigenvalue weighted by atomic mass is 10.0. The fraction of sp³-hybridized carbons (Fsp3) is 0.300. The molecule has 0 atom stereocenters. The average molecular weight is 531 g/mol. The largest absolute Gasteiger partial charge is 0.369 e. The first-order valence-electron chi connectivity index (χ1n) is 13.0. The number of rotatable bonds is 8. The van der Waals surface area contributed by atoms with Crippen LogP contribution in [0.5, 0.6) is 0 Å². The van der Waals surface area contributed by atoms with Gasteiger partial charge in [0.2, 0.25) is 0 Å². The van der Waals surface area contributed by atoms with Gasteiger partial charge in [-0.15, -0.1) is 0 Å². The van der Waals surface area contributed by atoms with E-state index in [0.717, 1.165) is 61.0 Å². The second-order valence-corrected chi connectivity index (χ2v) is 10.3. The SMILES string of the molecule is Cc1ccc(Cn2c(=O)[nH]c3cc(C(=O)CCCN4CCN(c5cccc(Cl)c5)CC4)ccc3c2=O)cc1.